The lowest BCUT2D eigenvalue weighted by Crippen LogP contribution is -2.22. The zero-order chi connectivity index (χ0) is 13.7. The fraction of sp³-hybridized carbons (Fsp3) is 0.200. The van der Waals surface area contributed by atoms with Gasteiger partial charge in [-0.05, 0) is 37.3 Å². The standard InChI is InChI=1S/C15H15BrClNO/c1-11(10-18-13-5-3-2-4-6-13)19-15-8-7-12(16)9-14(15)17/h2-9,11,18H,10H2,1H3. The quantitative estimate of drug-likeness (QED) is 0.828. The van der Waals surface area contributed by atoms with E-state index in [0.717, 1.165) is 16.7 Å². The van der Waals surface area contributed by atoms with Gasteiger partial charge < -0.3 is 10.1 Å². The summed E-state index contributed by atoms with van der Waals surface area (Å²) in [6, 6.07) is 15.7. The van der Waals surface area contributed by atoms with Crippen LogP contribution < -0.4 is 10.1 Å². The van der Waals surface area contributed by atoms with Crippen molar-refractivity contribution in [1.82, 2.24) is 0 Å². The molecule has 0 saturated carbocycles. The molecule has 0 aliphatic rings. The largest absolute Gasteiger partial charge is 0.487 e. The van der Waals surface area contributed by atoms with Crippen molar-refractivity contribution >= 4 is 33.2 Å². The van der Waals surface area contributed by atoms with E-state index in [1.54, 1.807) is 0 Å². The van der Waals surface area contributed by atoms with Gasteiger partial charge in [0.2, 0.25) is 0 Å². The lowest BCUT2D eigenvalue weighted by molar-refractivity contribution is 0.235. The van der Waals surface area contributed by atoms with E-state index in [0.29, 0.717) is 10.8 Å². The van der Waals surface area contributed by atoms with Crippen molar-refractivity contribution in [3.8, 4) is 5.75 Å². The van der Waals surface area contributed by atoms with E-state index in [4.69, 9.17) is 16.3 Å². The van der Waals surface area contributed by atoms with Gasteiger partial charge in [0.25, 0.3) is 0 Å². The summed E-state index contributed by atoms with van der Waals surface area (Å²) in [6.45, 7) is 2.73. The molecule has 2 aromatic rings. The third kappa shape index (κ3) is 4.44. The molecule has 0 fully saturated rings. The second-order valence-corrected chi connectivity index (χ2v) is 5.57. The third-order valence-corrected chi connectivity index (χ3v) is 3.38. The van der Waals surface area contributed by atoms with Gasteiger partial charge >= 0.3 is 0 Å². The number of anilines is 1. The van der Waals surface area contributed by atoms with Gasteiger partial charge in [0.1, 0.15) is 11.9 Å². The third-order valence-electron chi connectivity index (χ3n) is 2.59. The highest BCUT2D eigenvalue weighted by Gasteiger charge is 2.07. The molecule has 0 aliphatic carbocycles. The molecule has 4 heteroatoms. The topological polar surface area (TPSA) is 21.3 Å². The Morgan fingerprint density at radius 2 is 1.95 bits per heavy atom. The van der Waals surface area contributed by atoms with E-state index in [1.165, 1.54) is 0 Å². The molecule has 2 rings (SSSR count). The van der Waals surface area contributed by atoms with E-state index in [-0.39, 0.29) is 6.10 Å². The molecule has 1 atom stereocenters. The smallest absolute Gasteiger partial charge is 0.138 e. The summed E-state index contributed by atoms with van der Waals surface area (Å²) in [7, 11) is 0. The van der Waals surface area contributed by atoms with Crippen LogP contribution in [0.3, 0.4) is 0 Å². The van der Waals surface area contributed by atoms with Crippen molar-refractivity contribution in [2.24, 2.45) is 0 Å². The van der Waals surface area contributed by atoms with Gasteiger partial charge in [0, 0.05) is 10.2 Å². The van der Waals surface area contributed by atoms with Crippen LogP contribution in [0.5, 0.6) is 5.75 Å². The Labute approximate surface area is 126 Å². The fourth-order valence-electron chi connectivity index (χ4n) is 1.65. The summed E-state index contributed by atoms with van der Waals surface area (Å²) in [4.78, 5) is 0. The molecule has 19 heavy (non-hydrogen) atoms. The molecular weight excluding hydrogens is 326 g/mol. The lowest BCUT2D eigenvalue weighted by atomic mass is 10.3. The number of ether oxygens (including phenoxy) is 1. The molecule has 2 aromatic carbocycles. The van der Waals surface area contributed by atoms with Crippen molar-refractivity contribution in [1.29, 1.82) is 0 Å². The monoisotopic (exact) mass is 339 g/mol. The molecule has 0 saturated heterocycles. The fourth-order valence-corrected chi connectivity index (χ4v) is 2.36. The number of hydrogen-bond acceptors (Lipinski definition) is 2. The summed E-state index contributed by atoms with van der Waals surface area (Å²) in [5.74, 6) is 0.701. The minimum Gasteiger partial charge on any atom is -0.487 e. The van der Waals surface area contributed by atoms with Crippen LogP contribution >= 0.6 is 27.5 Å². The maximum Gasteiger partial charge on any atom is 0.138 e. The number of nitrogens with one attached hydrogen (secondary N) is 1. The summed E-state index contributed by atoms with van der Waals surface area (Å²) in [5, 5.41) is 3.93. The van der Waals surface area contributed by atoms with Crippen molar-refractivity contribution < 1.29 is 4.74 Å². The Balaban J connectivity index is 1.89. The van der Waals surface area contributed by atoms with Crippen molar-refractivity contribution in [3.63, 3.8) is 0 Å². The molecule has 0 amide bonds. The first kappa shape index (κ1) is 14.2. The minimum absolute atomic E-state index is 0.0267. The van der Waals surface area contributed by atoms with Crippen LogP contribution in [-0.2, 0) is 0 Å². The number of para-hydroxylation sites is 1. The summed E-state index contributed by atoms with van der Waals surface area (Å²) in [6.07, 6.45) is 0.0267. The molecule has 2 nitrogen and oxygen atoms in total. The van der Waals surface area contributed by atoms with E-state index in [2.05, 4.69) is 21.2 Å². The Morgan fingerprint density at radius 3 is 2.63 bits per heavy atom. The van der Waals surface area contributed by atoms with Crippen LogP contribution in [0.15, 0.2) is 53.0 Å². The predicted molar refractivity (Wildman–Crippen MR) is 84.2 cm³/mol. The first-order valence-electron chi connectivity index (χ1n) is 6.06. The Bertz CT molecular complexity index is 533. The average molecular weight is 341 g/mol. The maximum atomic E-state index is 6.12. The summed E-state index contributed by atoms with van der Waals surface area (Å²) >= 11 is 9.49. The van der Waals surface area contributed by atoms with E-state index >= 15 is 0 Å². The summed E-state index contributed by atoms with van der Waals surface area (Å²) < 4.78 is 6.75. The summed E-state index contributed by atoms with van der Waals surface area (Å²) in [5.41, 5.74) is 1.08. The van der Waals surface area contributed by atoms with Crippen molar-refractivity contribution in [2.45, 2.75) is 13.0 Å². The molecule has 0 heterocycles. The maximum absolute atomic E-state index is 6.12. The highest BCUT2D eigenvalue weighted by molar-refractivity contribution is 9.10. The molecule has 0 bridgehead atoms. The first-order chi connectivity index (χ1) is 9.15. The van der Waals surface area contributed by atoms with Gasteiger partial charge in [-0.15, -0.1) is 0 Å². The second kappa shape index (κ2) is 6.83. The van der Waals surface area contributed by atoms with Crippen LogP contribution in [0.25, 0.3) is 0 Å². The molecule has 1 N–H and O–H groups in total. The highest BCUT2D eigenvalue weighted by Crippen LogP contribution is 2.28. The molecule has 0 aliphatic heterocycles. The average Bonchev–Trinajstić information content (AvgIpc) is 2.41. The van der Waals surface area contributed by atoms with E-state index in [9.17, 15) is 0 Å². The van der Waals surface area contributed by atoms with Crippen LogP contribution in [0.4, 0.5) is 5.69 Å². The Kier molecular flexibility index (Phi) is 5.11. The van der Waals surface area contributed by atoms with Gasteiger partial charge in [0.15, 0.2) is 0 Å². The lowest BCUT2D eigenvalue weighted by Gasteiger charge is -2.17. The van der Waals surface area contributed by atoms with Gasteiger partial charge in [-0.2, -0.15) is 0 Å². The molecule has 0 aromatic heterocycles. The zero-order valence-corrected chi connectivity index (χ0v) is 12.9. The van der Waals surface area contributed by atoms with Crippen LogP contribution in [0.1, 0.15) is 6.92 Å². The molecule has 0 radical (unpaired) electrons. The molecular formula is C15H15BrClNO. The SMILES string of the molecule is CC(CNc1ccccc1)Oc1ccc(Br)cc1Cl. The van der Waals surface area contributed by atoms with E-state index in [1.807, 2.05) is 55.5 Å². The van der Waals surface area contributed by atoms with Crippen LogP contribution in [0.2, 0.25) is 5.02 Å². The Morgan fingerprint density at radius 1 is 1.21 bits per heavy atom. The molecule has 100 valence electrons. The second-order valence-electron chi connectivity index (χ2n) is 4.25. The molecule has 0 spiro atoms. The predicted octanol–water partition coefficient (Wildman–Crippen LogP) is 4.98. The normalized spacial score (nSPS) is 11.9. The van der Waals surface area contributed by atoms with Gasteiger partial charge in [-0.1, -0.05) is 45.7 Å². The van der Waals surface area contributed by atoms with Crippen LogP contribution in [-0.4, -0.2) is 12.6 Å². The molecule has 1 unspecified atom stereocenters. The first-order valence-corrected chi connectivity index (χ1v) is 7.23. The van der Waals surface area contributed by atoms with Crippen LogP contribution in [0, 0.1) is 0 Å². The number of benzene rings is 2. The number of hydrogen-bond donors (Lipinski definition) is 1. The minimum atomic E-state index is 0.0267. The number of rotatable bonds is 5. The highest BCUT2D eigenvalue weighted by atomic mass is 79.9. The number of halogens is 2. The zero-order valence-electron chi connectivity index (χ0n) is 10.6. The van der Waals surface area contributed by atoms with Gasteiger partial charge in [-0.25, -0.2) is 0 Å². The van der Waals surface area contributed by atoms with Crippen molar-refractivity contribution in [3.05, 3.63) is 58.0 Å². The van der Waals surface area contributed by atoms with Gasteiger partial charge in [-0.3, -0.25) is 0 Å². The van der Waals surface area contributed by atoms with Crippen molar-refractivity contribution in [2.75, 3.05) is 11.9 Å². The van der Waals surface area contributed by atoms with Gasteiger partial charge in [0.05, 0.1) is 11.6 Å². The van der Waals surface area contributed by atoms with E-state index < -0.39 is 0 Å². The Hall–Kier alpha value is -1.19.